The number of rotatable bonds is 10. The number of hydrazine groups is 1. The van der Waals surface area contributed by atoms with E-state index in [9.17, 15) is 4.79 Å². The van der Waals surface area contributed by atoms with Crippen LogP contribution in [0.2, 0.25) is 0 Å². The zero-order valence-corrected chi connectivity index (χ0v) is 19.1. The Bertz CT molecular complexity index is 1100. The number of ether oxygens (including phenoxy) is 2. The Balaban J connectivity index is 1.58. The van der Waals surface area contributed by atoms with E-state index in [1.165, 1.54) is 0 Å². The van der Waals surface area contributed by atoms with Gasteiger partial charge in [-0.2, -0.15) is 0 Å². The molecule has 0 unspecified atom stereocenters. The molecular weight excluding hydrogens is 430 g/mol. The first-order valence-corrected chi connectivity index (χ1v) is 11.4. The number of nitrogens with zero attached hydrogens (tertiary/aromatic N) is 1. The highest BCUT2D eigenvalue weighted by Gasteiger charge is 2.50. The maximum atomic E-state index is 13.5. The highest BCUT2D eigenvalue weighted by Crippen LogP contribution is 2.33. The van der Waals surface area contributed by atoms with Crippen molar-refractivity contribution in [2.45, 2.75) is 31.4 Å². The van der Waals surface area contributed by atoms with Gasteiger partial charge in [-0.15, -0.1) is 0 Å². The summed E-state index contributed by atoms with van der Waals surface area (Å²) in [6.07, 6.45) is 0.479. The van der Waals surface area contributed by atoms with Crippen LogP contribution in [0.1, 0.15) is 24.5 Å². The van der Waals surface area contributed by atoms with Crippen LogP contribution in [0.15, 0.2) is 89.9 Å². The Kier molecular flexibility index (Phi) is 7.44. The van der Waals surface area contributed by atoms with Gasteiger partial charge in [0.25, 0.3) is 5.91 Å². The zero-order chi connectivity index (χ0) is 23.8. The number of nitrogens with one attached hydrogen (secondary N) is 2. The van der Waals surface area contributed by atoms with E-state index in [0.29, 0.717) is 31.1 Å². The molecule has 0 radical (unpaired) electrons. The molecule has 3 aromatic carbocycles. The molecule has 7 heteroatoms. The Morgan fingerprint density at radius 2 is 1.71 bits per heavy atom. The standard InChI is InChI=1S/C27H29N3O4/c1-20-27(19-21-9-4-2-5-10-21,26(32)30-29-23-11-6-3-7-12-23)28-25(34-20)22-13-15-24(16-14-22)33-18-8-17-31/h2-7,9-16,20,29,31H,8,17-19H2,1H3,(H,30,32)/t20-,27-/m0/s1. The predicted octanol–water partition coefficient (Wildman–Crippen LogP) is 3.74. The van der Waals surface area contributed by atoms with Crippen molar-refractivity contribution in [3.05, 3.63) is 96.1 Å². The van der Waals surface area contributed by atoms with Gasteiger partial charge >= 0.3 is 0 Å². The number of aliphatic imine (C=N–C) groups is 1. The molecule has 176 valence electrons. The zero-order valence-electron chi connectivity index (χ0n) is 19.1. The van der Waals surface area contributed by atoms with Gasteiger partial charge in [0.1, 0.15) is 11.9 Å². The summed E-state index contributed by atoms with van der Waals surface area (Å²) in [5.41, 5.74) is 7.19. The van der Waals surface area contributed by atoms with Crippen molar-refractivity contribution in [2.24, 2.45) is 4.99 Å². The molecule has 0 saturated carbocycles. The highest BCUT2D eigenvalue weighted by molar-refractivity contribution is 6.01. The largest absolute Gasteiger partial charge is 0.494 e. The van der Waals surface area contributed by atoms with E-state index < -0.39 is 11.6 Å². The Hall–Kier alpha value is -3.84. The first kappa shape index (κ1) is 23.3. The van der Waals surface area contributed by atoms with E-state index in [1.807, 2.05) is 91.9 Å². The van der Waals surface area contributed by atoms with E-state index >= 15 is 0 Å². The van der Waals surface area contributed by atoms with Gasteiger partial charge in [-0.05, 0) is 48.9 Å². The molecule has 0 bridgehead atoms. The molecule has 0 saturated heterocycles. The first-order chi connectivity index (χ1) is 16.6. The van der Waals surface area contributed by atoms with Crippen LogP contribution in [-0.2, 0) is 16.0 Å². The van der Waals surface area contributed by atoms with E-state index in [-0.39, 0.29) is 12.5 Å². The minimum atomic E-state index is -1.14. The van der Waals surface area contributed by atoms with E-state index in [1.54, 1.807) is 0 Å². The molecular formula is C27H29N3O4. The minimum Gasteiger partial charge on any atom is -0.494 e. The van der Waals surface area contributed by atoms with Crippen LogP contribution in [-0.4, -0.2) is 41.8 Å². The third-order valence-electron chi connectivity index (χ3n) is 5.74. The van der Waals surface area contributed by atoms with Crippen molar-refractivity contribution in [3.8, 4) is 5.75 Å². The number of amides is 1. The monoisotopic (exact) mass is 459 g/mol. The fourth-order valence-electron chi connectivity index (χ4n) is 3.81. The SMILES string of the molecule is C[C@@H]1OC(c2ccc(OCCCO)cc2)=N[C@]1(Cc1ccccc1)C(=O)NNc1ccccc1. The summed E-state index contributed by atoms with van der Waals surface area (Å²) in [5, 5.41) is 8.91. The fraction of sp³-hybridized carbons (Fsp3) is 0.259. The van der Waals surface area contributed by atoms with Crippen molar-refractivity contribution in [3.63, 3.8) is 0 Å². The van der Waals surface area contributed by atoms with E-state index in [4.69, 9.17) is 19.6 Å². The molecule has 3 N–H and O–H groups in total. The number of hydrogen-bond donors (Lipinski definition) is 3. The predicted molar refractivity (Wildman–Crippen MR) is 132 cm³/mol. The van der Waals surface area contributed by atoms with Crippen LogP contribution in [0.25, 0.3) is 0 Å². The van der Waals surface area contributed by atoms with Crippen LogP contribution in [0.5, 0.6) is 5.75 Å². The normalized spacial score (nSPS) is 19.1. The molecule has 1 aliphatic heterocycles. The van der Waals surface area contributed by atoms with Gasteiger partial charge in [-0.25, -0.2) is 4.99 Å². The molecule has 4 rings (SSSR count). The highest BCUT2D eigenvalue weighted by atomic mass is 16.5. The average Bonchev–Trinajstić information content (AvgIpc) is 3.21. The van der Waals surface area contributed by atoms with Crippen LogP contribution in [0.4, 0.5) is 5.69 Å². The Labute approximate surface area is 199 Å². The van der Waals surface area contributed by atoms with Gasteiger partial charge in [0, 0.05) is 25.0 Å². The summed E-state index contributed by atoms with van der Waals surface area (Å²) in [7, 11) is 0. The minimum absolute atomic E-state index is 0.0886. The molecule has 1 amide bonds. The number of carbonyl (C=O) groups is 1. The molecule has 7 nitrogen and oxygen atoms in total. The quantitative estimate of drug-likeness (QED) is 0.317. The smallest absolute Gasteiger partial charge is 0.270 e. The van der Waals surface area contributed by atoms with Crippen LogP contribution in [0.3, 0.4) is 0 Å². The average molecular weight is 460 g/mol. The number of carbonyl (C=O) groups excluding carboxylic acids is 1. The number of aliphatic hydroxyl groups is 1. The topological polar surface area (TPSA) is 92.2 Å². The van der Waals surface area contributed by atoms with Crippen LogP contribution >= 0.6 is 0 Å². The molecule has 2 atom stereocenters. The first-order valence-electron chi connectivity index (χ1n) is 11.4. The van der Waals surface area contributed by atoms with Gasteiger partial charge in [0.2, 0.25) is 5.90 Å². The number of anilines is 1. The number of hydrogen-bond acceptors (Lipinski definition) is 6. The molecule has 34 heavy (non-hydrogen) atoms. The maximum absolute atomic E-state index is 13.5. The number of aliphatic hydroxyl groups excluding tert-OH is 1. The second-order valence-electron chi connectivity index (χ2n) is 8.16. The molecule has 1 aliphatic rings. The van der Waals surface area contributed by atoms with E-state index in [2.05, 4.69) is 10.9 Å². The van der Waals surface area contributed by atoms with Crippen molar-refractivity contribution in [2.75, 3.05) is 18.6 Å². The summed E-state index contributed by atoms with van der Waals surface area (Å²) < 4.78 is 11.7. The Morgan fingerprint density at radius 1 is 1.03 bits per heavy atom. The van der Waals surface area contributed by atoms with Crippen molar-refractivity contribution >= 4 is 17.5 Å². The molecule has 1 heterocycles. The summed E-state index contributed by atoms with van der Waals surface area (Å²) in [4.78, 5) is 18.4. The maximum Gasteiger partial charge on any atom is 0.270 e. The van der Waals surface area contributed by atoms with Crippen molar-refractivity contribution in [1.29, 1.82) is 0 Å². The van der Waals surface area contributed by atoms with Gasteiger partial charge in [-0.3, -0.25) is 15.6 Å². The molecule has 0 aromatic heterocycles. The number of para-hydroxylation sites is 1. The van der Waals surface area contributed by atoms with Gasteiger partial charge < -0.3 is 14.6 Å². The fourth-order valence-corrected chi connectivity index (χ4v) is 3.81. The Morgan fingerprint density at radius 3 is 2.38 bits per heavy atom. The second-order valence-corrected chi connectivity index (χ2v) is 8.16. The third kappa shape index (κ3) is 5.38. The second kappa shape index (κ2) is 10.9. The lowest BCUT2D eigenvalue weighted by atomic mass is 9.86. The van der Waals surface area contributed by atoms with E-state index in [0.717, 1.165) is 16.8 Å². The molecule has 0 spiro atoms. The number of benzene rings is 3. The van der Waals surface area contributed by atoms with Crippen LogP contribution < -0.4 is 15.6 Å². The van der Waals surface area contributed by atoms with Crippen molar-refractivity contribution < 1.29 is 19.4 Å². The molecule has 0 aliphatic carbocycles. The lowest BCUT2D eigenvalue weighted by molar-refractivity contribution is -0.127. The summed E-state index contributed by atoms with van der Waals surface area (Å²) in [6.45, 7) is 2.40. The van der Waals surface area contributed by atoms with Gasteiger partial charge in [-0.1, -0.05) is 48.5 Å². The lowest BCUT2D eigenvalue weighted by Crippen LogP contribution is -2.53. The van der Waals surface area contributed by atoms with Gasteiger partial charge in [0.05, 0.1) is 12.3 Å². The summed E-state index contributed by atoms with van der Waals surface area (Å²) in [6, 6.07) is 26.6. The molecule has 0 fully saturated rings. The summed E-state index contributed by atoms with van der Waals surface area (Å²) in [5.74, 6) is 0.844. The van der Waals surface area contributed by atoms with Gasteiger partial charge in [0.15, 0.2) is 5.54 Å². The third-order valence-corrected chi connectivity index (χ3v) is 5.74. The van der Waals surface area contributed by atoms with Crippen molar-refractivity contribution in [1.82, 2.24) is 5.43 Å². The van der Waals surface area contributed by atoms with Crippen LogP contribution in [0, 0.1) is 0 Å². The molecule has 3 aromatic rings. The summed E-state index contributed by atoms with van der Waals surface area (Å²) >= 11 is 0. The lowest BCUT2D eigenvalue weighted by Gasteiger charge is -2.28.